The van der Waals surface area contributed by atoms with Crippen LogP contribution in [-0.4, -0.2) is 29.7 Å². The Morgan fingerprint density at radius 1 is 1.54 bits per heavy atom. The molecule has 0 N–H and O–H groups in total. The summed E-state index contributed by atoms with van der Waals surface area (Å²) < 4.78 is 1.17. The van der Waals surface area contributed by atoms with Gasteiger partial charge in [-0.25, -0.2) is 4.98 Å². The maximum absolute atomic E-state index is 10.5. The highest BCUT2D eigenvalue weighted by atomic mass is 16.6. The van der Waals surface area contributed by atoms with E-state index in [1.54, 1.807) is 0 Å². The van der Waals surface area contributed by atoms with Crippen molar-refractivity contribution in [3.05, 3.63) is 35.0 Å². The Balaban J connectivity index is 2.52. The number of hydrogen-bond donors (Lipinski definition) is 0. The van der Waals surface area contributed by atoms with Crippen LogP contribution in [0.15, 0.2) is 24.9 Å². The normalized spacial score (nSPS) is 10.2. The van der Waals surface area contributed by atoms with Crippen molar-refractivity contribution in [3.63, 3.8) is 0 Å². The number of imidazole rings is 1. The third-order valence-electron chi connectivity index (χ3n) is 1.42. The Labute approximate surface area is 71.5 Å². The van der Waals surface area contributed by atoms with Crippen LogP contribution in [0.1, 0.15) is 0 Å². The Hall–Kier alpha value is -2.25. The smallest absolute Gasteiger partial charge is 0.358 e. The monoisotopic (exact) mass is 180 g/mol. The lowest BCUT2D eigenvalue weighted by atomic mass is 10.8. The molecule has 0 radical (unpaired) electrons. The second-order valence-electron chi connectivity index (χ2n) is 2.18. The molecule has 0 saturated heterocycles. The second kappa shape index (κ2) is 2.66. The van der Waals surface area contributed by atoms with Crippen molar-refractivity contribution in [1.29, 1.82) is 0 Å². The van der Waals surface area contributed by atoms with Gasteiger partial charge < -0.3 is 10.1 Å². The van der Waals surface area contributed by atoms with Crippen molar-refractivity contribution >= 4 is 5.82 Å². The van der Waals surface area contributed by atoms with Gasteiger partial charge in [0.15, 0.2) is 0 Å². The summed E-state index contributed by atoms with van der Waals surface area (Å²) in [6, 6.07) is 0. The molecule has 0 aromatic carbocycles. The van der Waals surface area contributed by atoms with E-state index in [1.807, 2.05) is 0 Å². The van der Waals surface area contributed by atoms with Gasteiger partial charge >= 0.3 is 5.82 Å². The van der Waals surface area contributed by atoms with Crippen LogP contribution in [-0.2, 0) is 0 Å². The second-order valence-corrected chi connectivity index (χ2v) is 2.18. The molecule has 2 aromatic rings. The molecule has 0 unspecified atom stereocenters. The first-order valence-corrected chi connectivity index (χ1v) is 3.33. The van der Waals surface area contributed by atoms with Crippen LogP contribution in [0.2, 0.25) is 0 Å². The molecule has 13 heavy (non-hydrogen) atoms. The van der Waals surface area contributed by atoms with Gasteiger partial charge in [0.2, 0.25) is 6.33 Å². The summed E-state index contributed by atoms with van der Waals surface area (Å²) in [6.07, 6.45) is 5.33. The fraction of sp³-hybridized carbons (Fsp3) is 0. The third-order valence-corrected chi connectivity index (χ3v) is 1.42. The highest BCUT2D eigenvalue weighted by molar-refractivity contribution is 5.14. The van der Waals surface area contributed by atoms with Crippen LogP contribution in [0, 0.1) is 10.1 Å². The van der Waals surface area contributed by atoms with E-state index in [0.717, 1.165) is 6.20 Å². The lowest BCUT2D eigenvalue weighted by Crippen LogP contribution is -2.11. The average molecular weight is 180 g/mol. The molecule has 0 aliphatic heterocycles. The predicted molar refractivity (Wildman–Crippen MR) is 39.7 cm³/mol. The van der Waals surface area contributed by atoms with Crippen LogP contribution < -0.4 is 0 Å². The molecule has 2 rings (SSSR count). The molecule has 8 nitrogen and oxygen atoms in total. The van der Waals surface area contributed by atoms with Gasteiger partial charge in [0.25, 0.3) is 0 Å². The molecule has 0 amide bonds. The lowest BCUT2D eigenvalue weighted by molar-refractivity contribution is -0.392. The van der Waals surface area contributed by atoms with E-state index in [9.17, 15) is 10.1 Å². The zero-order chi connectivity index (χ0) is 9.26. The molecular formula is C5H4N6O2. The van der Waals surface area contributed by atoms with Crippen molar-refractivity contribution in [3.8, 4) is 0 Å². The summed E-state index contributed by atoms with van der Waals surface area (Å²) in [4.78, 5) is 14.8. The van der Waals surface area contributed by atoms with E-state index < -0.39 is 4.92 Å². The van der Waals surface area contributed by atoms with Crippen LogP contribution in [0.3, 0.4) is 0 Å². The van der Waals surface area contributed by atoms with E-state index in [4.69, 9.17) is 0 Å². The van der Waals surface area contributed by atoms with E-state index in [-0.39, 0.29) is 5.82 Å². The summed E-state index contributed by atoms with van der Waals surface area (Å²) in [5, 5.41) is 17.6. The van der Waals surface area contributed by atoms with E-state index in [2.05, 4.69) is 15.3 Å². The molecule has 0 atom stereocenters. The van der Waals surface area contributed by atoms with Gasteiger partial charge in [0.05, 0.1) is 12.4 Å². The first kappa shape index (κ1) is 7.40. The van der Waals surface area contributed by atoms with Crippen molar-refractivity contribution in [2.45, 2.75) is 0 Å². The quantitative estimate of drug-likeness (QED) is 0.467. The van der Waals surface area contributed by atoms with E-state index in [1.165, 1.54) is 28.2 Å². The maximum atomic E-state index is 10.5. The van der Waals surface area contributed by atoms with Gasteiger partial charge in [0.1, 0.15) is 6.20 Å². The first-order valence-electron chi connectivity index (χ1n) is 3.33. The minimum Gasteiger partial charge on any atom is -0.358 e. The lowest BCUT2D eigenvalue weighted by Gasteiger charge is -1.96. The molecule has 0 saturated carbocycles. The minimum atomic E-state index is -0.547. The Kier molecular flexibility index (Phi) is 1.51. The van der Waals surface area contributed by atoms with Gasteiger partial charge in [-0.2, -0.15) is 0 Å². The van der Waals surface area contributed by atoms with E-state index in [0.29, 0.717) is 0 Å². The van der Waals surface area contributed by atoms with E-state index >= 15 is 0 Å². The summed E-state index contributed by atoms with van der Waals surface area (Å²) in [7, 11) is 0. The molecule has 2 heterocycles. The zero-order valence-electron chi connectivity index (χ0n) is 6.31. The first-order chi connectivity index (χ1) is 6.29. The maximum Gasteiger partial charge on any atom is 0.368 e. The van der Waals surface area contributed by atoms with Crippen molar-refractivity contribution < 1.29 is 4.92 Å². The van der Waals surface area contributed by atoms with Gasteiger partial charge in [-0.1, -0.05) is 9.47 Å². The van der Waals surface area contributed by atoms with Crippen molar-refractivity contribution in [1.82, 2.24) is 24.8 Å². The molecule has 66 valence electrons. The zero-order valence-corrected chi connectivity index (χ0v) is 6.31. The number of rotatable bonds is 2. The summed E-state index contributed by atoms with van der Waals surface area (Å²) in [5.74, 6) is -0.162. The van der Waals surface area contributed by atoms with Crippen molar-refractivity contribution in [2.75, 3.05) is 0 Å². The summed E-state index contributed by atoms with van der Waals surface area (Å²) >= 11 is 0. The standard InChI is InChI=1S/C5H4N6O2/c12-11(13)5-3-6-4-9(5)10-2-1-7-8-10/h1-4H. The van der Waals surface area contributed by atoms with Gasteiger partial charge in [-0.05, 0) is 10.1 Å². The molecule has 8 heteroatoms. The molecule has 0 aliphatic carbocycles. The van der Waals surface area contributed by atoms with Crippen LogP contribution in [0.25, 0.3) is 0 Å². The molecule has 0 spiro atoms. The topological polar surface area (TPSA) is 91.7 Å². The molecule has 2 aromatic heterocycles. The number of aromatic nitrogens is 5. The largest absolute Gasteiger partial charge is 0.368 e. The van der Waals surface area contributed by atoms with Crippen LogP contribution in [0.4, 0.5) is 5.82 Å². The molecular weight excluding hydrogens is 176 g/mol. The van der Waals surface area contributed by atoms with Crippen LogP contribution in [0.5, 0.6) is 0 Å². The van der Waals surface area contributed by atoms with Crippen LogP contribution >= 0.6 is 0 Å². The fourth-order valence-corrected chi connectivity index (χ4v) is 0.887. The Morgan fingerprint density at radius 3 is 3.00 bits per heavy atom. The summed E-state index contributed by atoms with van der Waals surface area (Å²) in [5.41, 5.74) is 0. The molecule has 0 fully saturated rings. The third kappa shape index (κ3) is 1.13. The number of nitro groups is 1. The number of hydrogen-bond acceptors (Lipinski definition) is 5. The van der Waals surface area contributed by atoms with Gasteiger partial charge in [-0.3, -0.25) is 0 Å². The highest BCUT2D eigenvalue weighted by Crippen LogP contribution is 2.08. The predicted octanol–water partition coefficient (Wildman–Crippen LogP) is -0.306. The van der Waals surface area contributed by atoms with Crippen molar-refractivity contribution in [2.24, 2.45) is 0 Å². The summed E-state index contributed by atoms with van der Waals surface area (Å²) in [6.45, 7) is 0. The van der Waals surface area contributed by atoms with Gasteiger partial charge in [-0.15, -0.1) is 5.10 Å². The molecule has 0 bridgehead atoms. The number of nitrogens with zero attached hydrogens (tertiary/aromatic N) is 6. The molecule has 0 aliphatic rings. The Morgan fingerprint density at radius 2 is 2.38 bits per heavy atom. The minimum absolute atomic E-state index is 0.162. The average Bonchev–Trinajstić information content (AvgIpc) is 2.74. The fourth-order valence-electron chi connectivity index (χ4n) is 0.887. The Bertz CT molecular complexity index is 418. The highest BCUT2D eigenvalue weighted by Gasteiger charge is 2.14. The van der Waals surface area contributed by atoms with Gasteiger partial charge in [0, 0.05) is 0 Å². The SMILES string of the molecule is O=[N+]([O-])c1cncn1-n1ccnn1.